The SMILES string of the molecule is O=C(Nc1ccnnc1)C1=CC2C=NC(c3nccc(Nc4ccc5[nH]ncc5c4)n3)=NC2N1. The quantitative estimate of drug-likeness (QED) is 0.357. The van der Waals surface area contributed by atoms with E-state index in [0.717, 1.165) is 16.6 Å². The van der Waals surface area contributed by atoms with Gasteiger partial charge < -0.3 is 16.0 Å². The second-order valence-electron chi connectivity index (χ2n) is 7.63. The van der Waals surface area contributed by atoms with Crippen LogP contribution in [0.25, 0.3) is 10.9 Å². The number of anilines is 3. The molecule has 2 unspecified atom stereocenters. The molecule has 5 heterocycles. The largest absolute Gasteiger partial charge is 0.359 e. The monoisotopic (exact) mass is 451 g/mol. The molecule has 0 fully saturated rings. The number of amides is 1. The number of H-pyrrole nitrogens is 1. The van der Waals surface area contributed by atoms with Crippen molar-refractivity contribution in [3.05, 3.63) is 72.7 Å². The summed E-state index contributed by atoms with van der Waals surface area (Å²) in [7, 11) is 0. The Bertz CT molecular complexity index is 1470. The first-order chi connectivity index (χ1) is 16.7. The van der Waals surface area contributed by atoms with Gasteiger partial charge in [0.1, 0.15) is 12.0 Å². The van der Waals surface area contributed by atoms with E-state index in [1.807, 2.05) is 18.2 Å². The van der Waals surface area contributed by atoms with E-state index >= 15 is 0 Å². The highest BCUT2D eigenvalue weighted by molar-refractivity contribution is 6.06. The van der Waals surface area contributed by atoms with E-state index in [9.17, 15) is 4.79 Å². The van der Waals surface area contributed by atoms with Gasteiger partial charge in [-0.05, 0) is 36.4 Å². The maximum Gasteiger partial charge on any atom is 0.271 e. The number of nitrogens with zero attached hydrogens (tertiary/aromatic N) is 7. The fourth-order valence-corrected chi connectivity index (χ4v) is 3.68. The summed E-state index contributed by atoms with van der Waals surface area (Å²) in [6, 6.07) is 9.29. The summed E-state index contributed by atoms with van der Waals surface area (Å²) in [6.07, 6.45) is 9.56. The predicted molar refractivity (Wildman–Crippen MR) is 126 cm³/mol. The van der Waals surface area contributed by atoms with E-state index in [1.54, 1.807) is 36.8 Å². The molecule has 0 saturated heterocycles. The van der Waals surface area contributed by atoms with Crippen LogP contribution in [0.5, 0.6) is 0 Å². The minimum absolute atomic E-state index is 0.150. The number of hydrogen-bond acceptors (Lipinski definition) is 10. The summed E-state index contributed by atoms with van der Waals surface area (Å²) in [4.78, 5) is 30.5. The summed E-state index contributed by atoms with van der Waals surface area (Å²) in [6.45, 7) is 0. The molecule has 4 N–H and O–H groups in total. The molecule has 2 atom stereocenters. The minimum atomic E-state index is -0.368. The molecule has 6 rings (SSSR count). The number of fused-ring (bicyclic) bond motifs is 2. The molecule has 1 aromatic carbocycles. The Kier molecular flexibility index (Phi) is 4.72. The fraction of sp³-hybridized carbons (Fsp3) is 0.0909. The lowest BCUT2D eigenvalue weighted by Gasteiger charge is -2.17. The Morgan fingerprint density at radius 3 is 2.91 bits per heavy atom. The molecule has 0 bridgehead atoms. The number of carbonyl (C=O) groups is 1. The number of aromatic nitrogens is 6. The Morgan fingerprint density at radius 2 is 2.00 bits per heavy atom. The van der Waals surface area contributed by atoms with Crippen molar-refractivity contribution in [1.29, 1.82) is 0 Å². The first kappa shape index (κ1) is 19.7. The van der Waals surface area contributed by atoms with Gasteiger partial charge in [0, 0.05) is 23.5 Å². The zero-order chi connectivity index (χ0) is 22.9. The van der Waals surface area contributed by atoms with Crippen LogP contribution in [0.2, 0.25) is 0 Å². The molecule has 166 valence electrons. The van der Waals surface area contributed by atoms with Crippen molar-refractivity contribution in [2.45, 2.75) is 6.17 Å². The maximum absolute atomic E-state index is 12.6. The Hall–Kier alpha value is -5.00. The van der Waals surface area contributed by atoms with Crippen molar-refractivity contribution in [3.63, 3.8) is 0 Å². The van der Waals surface area contributed by atoms with Gasteiger partial charge in [-0.3, -0.25) is 9.89 Å². The first-order valence-electron chi connectivity index (χ1n) is 10.4. The number of rotatable bonds is 5. The van der Waals surface area contributed by atoms with Crippen LogP contribution in [-0.2, 0) is 4.79 Å². The highest BCUT2D eigenvalue weighted by atomic mass is 16.2. The second kappa shape index (κ2) is 8.16. The number of nitrogens with one attached hydrogen (secondary N) is 4. The van der Waals surface area contributed by atoms with Gasteiger partial charge >= 0.3 is 0 Å². The van der Waals surface area contributed by atoms with Crippen molar-refractivity contribution in [2.24, 2.45) is 15.9 Å². The molecular weight excluding hydrogens is 434 g/mol. The van der Waals surface area contributed by atoms with E-state index in [0.29, 0.717) is 28.9 Å². The maximum atomic E-state index is 12.6. The van der Waals surface area contributed by atoms with Crippen LogP contribution in [0, 0.1) is 5.92 Å². The predicted octanol–water partition coefficient (Wildman–Crippen LogP) is 1.79. The third-order valence-corrected chi connectivity index (χ3v) is 5.31. The van der Waals surface area contributed by atoms with E-state index in [1.165, 1.54) is 12.4 Å². The highest BCUT2D eigenvalue weighted by Crippen LogP contribution is 2.23. The molecule has 0 spiro atoms. The summed E-state index contributed by atoms with van der Waals surface area (Å²) < 4.78 is 0. The van der Waals surface area contributed by atoms with Crippen LogP contribution in [0.15, 0.2) is 76.9 Å². The third kappa shape index (κ3) is 3.83. The van der Waals surface area contributed by atoms with Crippen molar-refractivity contribution in [3.8, 4) is 0 Å². The molecule has 34 heavy (non-hydrogen) atoms. The lowest BCUT2D eigenvalue weighted by Crippen LogP contribution is -2.34. The van der Waals surface area contributed by atoms with Gasteiger partial charge in [0.2, 0.25) is 0 Å². The molecule has 0 radical (unpaired) electrons. The van der Waals surface area contributed by atoms with Gasteiger partial charge in [0.05, 0.1) is 41.4 Å². The Labute approximate surface area is 192 Å². The van der Waals surface area contributed by atoms with Crippen molar-refractivity contribution >= 4 is 46.1 Å². The zero-order valence-electron chi connectivity index (χ0n) is 17.5. The molecule has 3 aromatic heterocycles. The Balaban J connectivity index is 1.17. The molecule has 4 aromatic rings. The van der Waals surface area contributed by atoms with E-state index in [-0.39, 0.29) is 18.0 Å². The van der Waals surface area contributed by atoms with E-state index in [2.05, 4.69) is 56.3 Å². The van der Waals surface area contributed by atoms with Crippen LogP contribution >= 0.6 is 0 Å². The third-order valence-electron chi connectivity index (χ3n) is 5.31. The van der Waals surface area contributed by atoms with Crippen LogP contribution in [0.3, 0.4) is 0 Å². The molecule has 2 aliphatic heterocycles. The Morgan fingerprint density at radius 1 is 1.03 bits per heavy atom. The lowest BCUT2D eigenvalue weighted by molar-refractivity contribution is -0.113. The molecule has 12 heteroatoms. The average molecular weight is 451 g/mol. The summed E-state index contributed by atoms with van der Waals surface area (Å²) in [5, 5.41) is 24.6. The number of carbonyl (C=O) groups excluding carboxylic acids is 1. The van der Waals surface area contributed by atoms with E-state index in [4.69, 9.17) is 0 Å². The summed E-state index contributed by atoms with van der Waals surface area (Å²) in [5.41, 5.74) is 2.79. The zero-order valence-corrected chi connectivity index (χ0v) is 17.5. The molecule has 2 aliphatic rings. The lowest BCUT2D eigenvalue weighted by atomic mass is 10.1. The number of aliphatic imine (C=N–C) groups is 2. The number of aromatic amines is 1. The van der Waals surface area contributed by atoms with E-state index < -0.39 is 0 Å². The fourth-order valence-electron chi connectivity index (χ4n) is 3.68. The molecule has 0 aliphatic carbocycles. The van der Waals surface area contributed by atoms with Crippen molar-refractivity contribution < 1.29 is 4.79 Å². The highest BCUT2D eigenvalue weighted by Gasteiger charge is 2.32. The summed E-state index contributed by atoms with van der Waals surface area (Å²) in [5.74, 6) is 0.937. The number of hydrogen-bond donors (Lipinski definition) is 4. The van der Waals surface area contributed by atoms with Crippen molar-refractivity contribution in [1.82, 2.24) is 35.7 Å². The van der Waals surface area contributed by atoms with Gasteiger partial charge in [-0.2, -0.15) is 15.3 Å². The molecule has 0 saturated carbocycles. The number of amidine groups is 1. The van der Waals surface area contributed by atoms with Gasteiger partial charge in [0.25, 0.3) is 5.91 Å². The molecule has 1 amide bonds. The van der Waals surface area contributed by atoms with Gasteiger partial charge in [-0.15, -0.1) is 0 Å². The summed E-state index contributed by atoms with van der Waals surface area (Å²) >= 11 is 0. The molecule has 12 nitrogen and oxygen atoms in total. The first-order valence-corrected chi connectivity index (χ1v) is 10.4. The van der Waals surface area contributed by atoms with Crippen LogP contribution in [-0.4, -0.2) is 54.5 Å². The number of benzene rings is 1. The topological polar surface area (TPSA) is 158 Å². The van der Waals surface area contributed by atoms with Gasteiger partial charge in [-0.1, -0.05) is 0 Å². The van der Waals surface area contributed by atoms with Crippen LogP contribution in [0.1, 0.15) is 5.82 Å². The molecular formula is C22H17N11O. The van der Waals surface area contributed by atoms with Crippen LogP contribution in [0.4, 0.5) is 17.2 Å². The normalized spacial score (nSPS) is 18.6. The minimum Gasteiger partial charge on any atom is -0.359 e. The standard InChI is InChI=1S/C22H17N11O/c34-22(29-15-3-6-25-26-11-15)17-8-13-9-24-21(32-19(13)30-17)20-23-5-4-18(31-20)28-14-1-2-16-12(7-14)10-27-33-16/h1-11,13,19,30H,(H,27,33)(H,23,28,31)(H,25,29,34). The van der Waals surface area contributed by atoms with Gasteiger partial charge in [0.15, 0.2) is 11.7 Å². The van der Waals surface area contributed by atoms with Gasteiger partial charge in [-0.25, -0.2) is 20.0 Å². The van der Waals surface area contributed by atoms with Crippen molar-refractivity contribution in [2.75, 3.05) is 10.6 Å². The second-order valence-corrected chi connectivity index (χ2v) is 7.63. The smallest absolute Gasteiger partial charge is 0.271 e. The van der Waals surface area contributed by atoms with Crippen LogP contribution < -0.4 is 16.0 Å². The average Bonchev–Trinajstić information content (AvgIpc) is 3.51.